The number of carbonyl (C=O) groups is 1. The van der Waals surface area contributed by atoms with Gasteiger partial charge in [-0.3, -0.25) is 4.68 Å². The van der Waals surface area contributed by atoms with Crippen LogP contribution in [-0.4, -0.2) is 68.7 Å². The van der Waals surface area contributed by atoms with Crippen LogP contribution in [0.25, 0.3) is 11.1 Å². The molecule has 0 N–H and O–H groups in total. The van der Waals surface area contributed by atoms with E-state index in [1.807, 2.05) is 0 Å². The van der Waals surface area contributed by atoms with E-state index in [1.165, 1.54) is 29.3 Å². The molecule has 2 aromatic heterocycles. The van der Waals surface area contributed by atoms with Crippen molar-refractivity contribution in [1.82, 2.24) is 24.6 Å². The molecule has 1 amide bonds. The highest BCUT2D eigenvalue weighted by Crippen LogP contribution is 2.37. The van der Waals surface area contributed by atoms with Crippen LogP contribution in [0.2, 0.25) is 0 Å². The predicted molar refractivity (Wildman–Crippen MR) is 144 cm³/mol. The SMILES string of the molecule is COC[C@@H]1CC(N(Cc2cc(C(F)(F)F)cc(C(F)(F)F)c2)c2ncc(-c3cnn(C)c3)cn2)CN1C(=O)OC(C)(C)C. The second kappa shape index (κ2) is 12.0. The predicted octanol–water partition coefficient (Wildman–Crippen LogP) is 5.95. The van der Waals surface area contributed by atoms with Crippen LogP contribution >= 0.6 is 0 Å². The largest absolute Gasteiger partial charge is 0.444 e. The van der Waals surface area contributed by atoms with Crippen molar-refractivity contribution in [2.45, 2.75) is 63.8 Å². The number of halogens is 6. The highest BCUT2D eigenvalue weighted by atomic mass is 19.4. The second-order valence-electron chi connectivity index (χ2n) is 11.3. The summed E-state index contributed by atoms with van der Waals surface area (Å²) >= 11 is 0. The summed E-state index contributed by atoms with van der Waals surface area (Å²) < 4.78 is 94.2. The van der Waals surface area contributed by atoms with Crippen LogP contribution in [-0.2, 0) is 35.4 Å². The van der Waals surface area contributed by atoms with Crippen LogP contribution in [0.5, 0.6) is 0 Å². The number of benzene rings is 1. The molecule has 1 aromatic carbocycles. The molecule has 0 radical (unpaired) electrons. The lowest BCUT2D eigenvalue weighted by molar-refractivity contribution is -0.143. The van der Waals surface area contributed by atoms with Crippen molar-refractivity contribution in [2.75, 3.05) is 25.2 Å². The number of alkyl halides is 6. The van der Waals surface area contributed by atoms with E-state index in [9.17, 15) is 31.1 Å². The molecule has 1 aliphatic heterocycles. The Morgan fingerprint density at radius 3 is 2.07 bits per heavy atom. The molecule has 0 bridgehead atoms. The van der Waals surface area contributed by atoms with E-state index in [2.05, 4.69) is 15.1 Å². The van der Waals surface area contributed by atoms with Gasteiger partial charge in [0.05, 0.1) is 36.0 Å². The van der Waals surface area contributed by atoms with Crippen LogP contribution in [0.15, 0.2) is 43.0 Å². The monoisotopic (exact) mass is 614 g/mol. The Labute approximate surface area is 244 Å². The third-order valence-corrected chi connectivity index (χ3v) is 6.75. The van der Waals surface area contributed by atoms with Gasteiger partial charge in [0.1, 0.15) is 5.60 Å². The standard InChI is InChI=1S/C28H32F6N6O3/c1-26(2,3)43-25(41)40-15-22(9-23(40)16-42-5)39(24-35-10-18(11-36-24)19-12-37-38(4)14-19)13-17-6-20(27(29,30)31)8-21(7-17)28(32,33)34/h6-8,10-12,14,22-23H,9,13,15-16H2,1-5H3/t22?,23-/m0/s1. The van der Waals surface area contributed by atoms with E-state index in [0.717, 1.165) is 0 Å². The third kappa shape index (κ3) is 7.94. The molecule has 4 rings (SSSR count). The molecule has 2 atom stereocenters. The Morgan fingerprint density at radius 1 is 0.977 bits per heavy atom. The van der Waals surface area contributed by atoms with Crippen LogP contribution in [0.1, 0.15) is 43.9 Å². The van der Waals surface area contributed by atoms with Crippen molar-refractivity contribution in [3.8, 4) is 11.1 Å². The van der Waals surface area contributed by atoms with Crippen molar-refractivity contribution in [3.63, 3.8) is 0 Å². The number of amides is 1. The number of aryl methyl sites for hydroxylation is 1. The molecule has 0 spiro atoms. The van der Waals surface area contributed by atoms with Gasteiger partial charge in [0, 0.05) is 57.0 Å². The number of likely N-dealkylation sites (tertiary alicyclic amines) is 1. The fourth-order valence-corrected chi connectivity index (χ4v) is 4.87. The molecule has 0 aliphatic carbocycles. The zero-order chi connectivity index (χ0) is 31.7. The van der Waals surface area contributed by atoms with E-state index >= 15 is 0 Å². The first-order chi connectivity index (χ1) is 19.9. The maximum atomic E-state index is 13.6. The molecule has 1 aliphatic rings. The first kappa shape index (κ1) is 32.0. The molecule has 1 saturated heterocycles. The first-order valence-electron chi connectivity index (χ1n) is 13.3. The van der Waals surface area contributed by atoms with E-state index < -0.39 is 53.8 Å². The first-order valence-corrected chi connectivity index (χ1v) is 13.3. The van der Waals surface area contributed by atoms with Crippen molar-refractivity contribution in [2.24, 2.45) is 7.05 Å². The number of nitrogens with zero attached hydrogens (tertiary/aromatic N) is 6. The number of ether oxygens (including phenoxy) is 2. The summed E-state index contributed by atoms with van der Waals surface area (Å²) in [5.41, 5.74) is -2.59. The lowest BCUT2D eigenvalue weighted by Gasteiger charge is -2.30. The molecule has 3 aromatic rings. The van der Waals surface area contributed by atoms with E-state index in [0.29, 0.717) is 23.3 Å². The summed E-state index contributed by atoms with van der Waals surface area (Å²) in [5.74, 6) is 0.0609. The smallest absolute Gasteiger partial charge is 0.416 e. The minimum absolute atomic E-state index is 0.0434. The van der Waals surface area contributed by atoms with Crippen LogP contribution in [0, 0.1) is 0 Å². The maximum Gasteiger partial charge on any atom is 0.416 e. The fourth-order valence-electron chi connectivity index (χ4n) is 4.87. The zero-order valence-corrected chi connectivity index (χ0v) is 24.2. The number of aromatic nitrogens is 4. The number of methoxy groups -OCH3 is 1. The minimum Gasteiger partial charge on any atom is -0.444 e. The van der Waals surface area contributed by atoms with Gasteiger partial charge in [-0.2, -0.15) is 31.4 Å². The van der Waals surface area contributed by atoms with Crippen LogP contribution in [0.4, 0.5) is 37.1 Å². The van der Waals surface area contributed by atoms with Crippen molar-refractivity contribution in [1.29, 1.82) is 0 Å². The Balaban J connectivity index is 1.75. The number of carbonyl (C=O) groups excluding carboxylic acids is 1. The summed E-state index contributed by atoms with van der Waals surface area (Å²) in [5, 5.41) is 4.11. The average Bonchev–Trinajstić information content (AvgIpc) is 3.52. The van der Waals surface area contributed by atoms with Gasteiger partial charge in [0.2, 0.25) is 5.95 Å². The van der Waals surface area contributed by atoms with Gasteiger partial charge in [-0.15, -0.1) is 0 Å². The van der Waals surface area contributed by atoms with Gasteiger partial charge >= 0.3 is 18.4 Å². The quantitative estimate of drug-likeness (QED) is 0.305. The zero-order valence-electron chi connectivity index (χ0n) is 24.2. The number of hydrogen-bond donors (Lipinski definition) is 0. The molecular weight excluding hydrogens is 582 g/mol. The van der Waals surface area contributed by atoms with Gasteiger partial charge in [-0.05, 0) is 51.0 Å². The Kier molecular flexibility index (Phi) is 8.95. The second-order valence-corrected chi connectivity index (χ2v) is 11.3. The minimum atomic E-state index is -5.01. The fraction of sp³-hybridized carbons (Fsp3) is 0.500. The van der Waals surface area contributed by atoms with Gasteiger partial charge in [-0.25, -0.2) is 14.8 Å². The molecule has 1 fully saturated rings. The lowest BCUT2D eigenvalue weighted by Crippen LogP contribution is -2.43. The van der Waals surface area contributed by atoms with Crippen molar-refractivity contribution in [3.05, 3.63) is 59.7 Å². The highest BCUT2D eigenvalue weighted by Gasteiger charge is 2.42. The Bertz CT molecular complexity index is 1390. The summed E-state index contributed by atoms with van der Waals surface area (Å²) in [6, 6.07) is 0.371. The van der Waals surface area contributed by atoms with E-state index in [-0.39, 0.29) is 37.2 Å². The number of rotatable bonds is 7. The Hall–Kier alpha value is -3.88. The van der Waals surface area contributed by atoms with Gasteiger partial charge in [0.15, 0.2) is 0 Å². The molecule has 43 heavy (non-hydrogen) atoms. The molecule has 234 valence electrons. The average molecular weight is 615 g/mol. The normalized spacial score (nSPS) is 17.8. The topological polar surface area (TPSA) is 85.6 Å². The van der Waals surface area contributed by atoms with Crippen molar-refractivity contribution < 1.29 is 40.6 Å². The summed E-state index contributed by atoms with van der Waals surface area (Å²) in [6.07, 6.45) is -4.04. The van der Waals surface area contributed by atoms with E-state index in [1.54, 1.807) is 44.9 Å². The van der Waals surface area contributed by atoms with Gasteiger partial charge < -0.3 is 19.3 Å². The van der Waals surface area contributed by atoms with E-state index in [4.69, 9.17) is 9.47 Å². The highest BCUT2D eigenvalue weighted by molar-refractivity contribution is 5.69. The molecular formula is C28H32F6N6O3. The molecule has 0 saturated carbocycles. The molecule has 3 heterocycles. The number of anilines is 1. The molecule has 9 nitrogen and oxygen atoms in total. The van der Waals surface area contributed by atoms with Gasteiger partial charge in [-0.1, -0.05) is 0 Å². The maximum absolute atomic E-state index is 13.6. The third-order valence-electron chi connectivity index (χ3n) is 6.75. The van der Waals surface area contributed by atoms with Crippen LogP contribution in [0.3, 0.4) is 0 Å². The summed E-state index contributed by atoms with van der Waals surface area (Å²) in [6.45, 7) is 4.90. The summed E-state index contributed by atoms with van der Waals surface area (Å²) in [7, 11) is 3.19. The van der Waals surface area contributed by atoms with Crippen molar-refractivity contribution >= 4 is 12.0 Å². The molecule has 15 heteroatoms. The van der Waals surface area contributed by atoms with Gasteiger partial charge in [0.25, 0.3) is 0 Å². The van der Waals surface area contributed by atoms with Crippen LogP contribution < -0.4 is 4.90 Å². The molecule has 1 unspecified atom stereocenters. The lowest BCUT2D eigenvalue weighted by atomic mass is 10.0. The summed E-state index contributed by atoms with van der Waals surface area (Å²) in [4.78, 5) is 24.9. The Morgan fingerprint density at radius 2 is 1.58 bits per heavy atom. The number of hydrogen-bond acceptors (Lipinski definition) is 7.